The van der Waals surface area contributed by atoms with Gasteiger partial charge in [-0.25, -0.2) is 4.79 Å². The van der Waals surface area contributed by atoms with Crippen molar-refractivity contribution in [1.29, 1.82) is 0 Å². The molecule has 0 bridgehead atoms. The fourth-order valence-corrected chi connectivity index (χ4v) is 1.87. The second kappa shape index (κ2) is 6.44. The van der Waals surface area contributed by atoms with E-state index in [1.807, 2.05) is 13.8 Å². The Kier molecular flexibility index (Phi) is 5.21. The minimum atomic E-state index is -0.655. The molecule has 6 nitrogen and oxygen atoms in total. The first-order chi connectivity index (χ1) is 8.00. The Bertz CT molecular complexity index is 275. The third kappa shape index (κ3) is 4.60. The first-order valence-corrected chi connectivity index (χ1v) is 5.93. The summed E-state index contributed by atoms with van der Waals surface area (Å²) in [6.07, 6.45) is 0.596. The molecule has 1 heterocycles. The van der Waals surface area contributed by atoms with E-state index in [0.717, 1.165) is 0 Å². The number of morpholine rings is 1. The van der Waals surface area contributed by atoms with E-state index in [9.17, 15) is 9.59 Å². The van der Waals surface area contributed by atoms with Gasteiger partial charge in [-0.15, -0.1) is 0 Å². The topological polar surface area (TPSA) is 84.7 Å². The maximum atomic E-state index is 12.2. The van der Waals surface area contributed by atoms with E-state index in [0.29, 0.717) is 38.6 Å². The van der Waals surface area contributed by atoms with Crippen molar-refractivity contribution in [2.24, 2.45) is 11.7 Å². The highest BCUT2D eigenvalue weighted by Crippen LogP contribution is 2.09. The number of carbonyl (C=O) groups is 2. The number of rotatable bonds is 4. The van der Waals surface area contributed by atoms with Gasteiger partial charge in [0, 0.05) is 13.1 Å². The average Bonchev–Trinajstić information content (AvgIpc) is 2.27. The molecule has 3 N–H and O–H groups in total. The second-order valence-corrected chi connectivity index (χ2v) is 4.63. The van der Waals surface area contributed by atoms with E-state index in [1.54, 1.807) is 4.90 Å². The molecular weight excluding hydrogens is 222 g/mol. The zero-order valence-electron chi connectivity index (χ0n) is 10.4. The Labute approximate surface area is 101 Å². The zero-order valence-corrected chi connectivity index (χ0v) is 10.4. The molecule has 0 aromatic rings. The lowest BCUT2D eigenvalue weighted by molar-refractivity contribution is -0.137. The Balaban J connectivity index is 2.60. The Morgan fingerprint density at radius 2 is 1.94 bits per heavy atom. The Morgan fingerprint density at radius 3 is 2.41 bits per heavy atom. The molecule has 1 rings (SSSR count). The number of nitrogens with two attached hydrogens (primary N) is 1. The molecule has 1 aliphatic heterocycles. The minimum absolute atomic E-state index is 0.0687. The largest absolute Gasteiger partial charge is 0.378 e. The van der Waals surface area contributed by atoms with Crippen LogP contribution in [0, 0.1) is 5.92 Å². The van der Waals surface area contributed by atoms with E-state index < -0.39 is 12.1 Å². The van der Waals surface area contributed by atoms with Crippen molar-refractivity contribution in [2.45, 2.75) is 26.3 Å². The van der Waals surface area contributed by atoms with Gasteiger partial charge in [-0.3, -0.25) is 4.79 Å². The van der Waals surface area contributed by atoms with Crippen LogP contribution in [0.15, 0.2) is 0 Å². The molecule has 0 radical (unpaired) electrons. The highest BCUT2D eigenvalue weighted by atomic mass is 16.5. The SMILES string of the molecule is CC(C)C[C@H](NC(N)=O)C(=O)N1CCOCC1. The number of urea groups is 1. The van der Waals surface area contributed by atoms with Crippen molar-refractivity contribution in [3.63, 3.8) is 0 Å². The van der Waals surface area contributed by atoms with Crippen LogP contribution in [-0.4, -0.2) is 49.2 Å². The molecular formula is C11H21N3O3. The molecule has 0 aliphatic carbocycles. The van der Waals surface area contributed by atoms with E-state index in [2.05, 4.69) is 5.32 Å². The van der Waals surface area contributed by atoms with E-state index in [4.69, 9.17) is 10.5 Å². The van der Waals surface area contributed by atoms with Gasteiger partial charge in [0.2, 0.25) is 5.91 Å². The van der Waals surface area contributed by atoms with Gasteiger partial charge in [0.1, 0.15) is 6.04 Å². The Hall–Kier alpha value is -1.30. The standard InChI is InChI=1S/C11H21N3O3/c1-8(2)7-9(13-11(12)16)10(15)14-3-5-17-6-4-14/h8-9H,3-7H2,1-2H3,(H3,12,13,16)/t9-/m0/s1. The number of primary amides is 1. The molecule has 0 saturated carbocycles. The predicted octanol–water partition coefficient (Wildman–Crippen LogP) is -0.0718. The minimum Gasteiger partial charge on any atom is -0.378 e. The molecule has 1 saturated heterocycles. The number of nitrogens with zero attached hydrogens (tertiary/aromatic N) is 1. The maximum Gasteiger partial charge on any atom is 0.312 e. The summed E-state index contributed by atoms with van der Waals surface area (Å²) in [6, 6.07) is -1.18. The van der Waals surface area contributed by atoms with Crippen molar-refractivity contribution >= 4 is 11.9 Å². The lowest BCUT2D eigenvalue weighted by Crippen LogP contribution is -2.53. The molecule has 0 aromatic carbocycles. The molecule has 1 fully saturated rings. The number of hydrogen-bond donors (Lipinski definition) is 2. The smallest absolute Gasteiger partial charge is 0.312 e. The molecule has 3 amide bonds. The molecule has 0 unspecified atom stereocenters. The van der Waals surface area contributed by atoms with Crippen LogP contribution >= 0.6 is 0 Å². The summed E-state index contributed by atoms with van der Waals surface area (Å²) in [7, 11) is 0. The van der Waals surface area contributed by atoms with Gasteiger partial charge in [0.25, 0.3) is 0 Å². The predicted molar refractivity (Wildman–Crippen MR) is 63.4 cm³/mol. The maximum absolute atomic E-state index is 12.2. The third-order valence-electron chi connectivity index (χ3n) is 2.64. The van der Waals surface area contributed by atoms with Crippen LogP contribution in [0.25, 0.3) is 0 Å². The molecule has 17 heavy (non-hydrogen) atoms. The van der Waals surface area contributed by atoms with Gasteiger partial charge in [-0.05, 0) is 12.3 Å². The highest BCUT2D eigenvalue weighted by molar-refractivity contribution is 5.86. The molecule has 98 valence electrons. The second-order valence-electron chi connectivity index (χ2n) is 4.63. The number of ether oxygens (including phenoxy) is 1. The van der Waals surface area contributed by atoms with Gasteiger partial charge in [-0.2, -0.15) is 0 Å². The zero-order chi connectivity index (χ0) is 12.8. The van der Waals surface area contributed by atoms with Gasteiger partial charge >= 0.3 is 6.03 Å². The van der Waals surface area contributed by atoms with Crippen LogP contribution in [0.4, 0.5) is 4.79 Å². The normalized spacial score (nSPS) is 17.9. The summed E-state index contributed by atoms with van der Waals surface area (Å²) < 4.78 is 5.19. The van der Waals surface area contributed by atoms with Crippen LogP contribution in [0.3, 0.4) is 0 Å². The number of hydrogen-bond acceptors (Lipinski definition) is 3. The first kappa shape index (κ1) is 13.8. The molecule has 6 heteroatoms. The lowest BCUT2D eigenvalue weighted by atomic mass is 10.0. The van der Waals surface area contributed by atoms with E-state index in [1.165, 1.54) is 0 Å². The van der Waals surface area contributed by atoms with Crippen molar-refractivity contribution in [2.75, 3.05) is 26.3 Å². The van der Waals surface area contributed by atoms with Crippen molar-refractivity contribution in [1.82, 2.24) is 10.2 Å². The van der Waals surface area contributed by atoms with Crippen molar-refractivity contribution < 1.29 is 14.3 Å². The molecule has 0 spiro atoms. The van der Waals surface area contributed by atoms with Crippen LogP contribution < -0.4 is 11.1 Å². The monoisotopic (exact) mass is 243 g/mol. The first-order valence-electron chi connectivity index (χ1n) is 5.93. The fourth-order valence-electron chi connectivity index (χ4n) is 1.87. The van der Waals surface area contributed by atoms with E-state index in [-0.39, 0.29) is 5.91 Å². The van der Waals surface area contributed by atoms with Gasteiger partial charge < -0.3 is 20.7 Å². The van der Waals surface area contributed by atoms with Crippen LogP contribution in [-0.2, 0) is 9.53 Å². The quantitative estimate of drug-likeness (QED) is 0.724. The summed E-state index contributed by atoms with van der Waals surface area (Å²) in [4.78, 5) is 24.8. The summed E-state index contributed by atoms with van der Waals surface area (Å²) >= 11 is 0. The number of carbonyl (C=O) groups excluding carboxylic acids is 2. The van der Waals surface area contributed by atoms with Gasteiger partial charge in [0.05, 0.1) is 13.2 Å². The van der Waals surface area contributed by atoms with Crippen LogP contribution in [0.1, 0.15) is 20.3 Å². The lowest BCUT2D eigenvalue weighted by Gasteiger charge is -2.31. The van der Waals surface area contributed by atoms with Crippen molar-refractivity contribution in [3.05, 3.63) is 0 Å². The van der Waals surface area contributed by atoms with E-state index >= 15 is 0 Å². The molecule has 1 aliphatic rings. The summed E-state index contributed by atoms with van der Waals surface area (Å²) in [6.45, 7) is 6.26. The average molecular weight is 243 g/mol. The van der Waals surface area contributed by atoms with Gasteiger partial charge in [-0.1, -0.05) is 13.8 Å². The Morgan fingerprint density at radius 1 is 1.35 bits per heavy atom. The van der Waals surface area contributed by atoms with Crippen LogP contribution in [0.2, 0.25) is 0 Å². The number of nitrogens with one attached hydrogen (secondary N) is 1. The highest BCUT2D eigenvalue weighted by Gasteiger charge is 2.27. The summed E-state index contributed by atoms with van der Waals surface area (Å²) in [5.74, 6) is 0.248. The van der Waals surface area contributed by atoms with Crippen LogP contribution in [0.5, 0.6) is 0 Å². The summed E-state index contributed by atoms with van der Waals surface area (Å²) in [5.41, 5.74) is 5.09. The van der Waals surface area contributed by atoms with Gasteiger partial charge in [0.15, 0.2) is 0 Å². The molecule has 0 aromatic heterocycles. The fraction of sp³-hybridized carbons (Fsp3) is 0.818. The number of amides is 3. The molecule has 1 atom stereocenters. The van der Waals surface area contributed by atoms with Crippen molar-refractivity contribution in [3.8, 4) is 0 Å². The summed E-state index contributed by atoms with van der Waals surface area (Å²) in [5, 5.41) is 2.52. The third-order valence-corrected chi connectivity index (χ3v) is 2.64.